The van der Waals surface area contributed by atoms with Crippen LogP contribution in [0.1, 0.15) is 30.0 Å². The Morgan fingerprint density at radius 3 is 2.50 bits per heavy atom. The van der Waals surface area contributed by atoms with Crippen LogP contribution in [-0.2, 0) is 4.79 Å². The van der Waals surface area contributed by atoms with Gasteiger partial charge in [-0.3, -0.25) is 4.79 Å². The van der Waals surface area contributed by atoms with Gasteiger partial charge in [0.05, 0.1) is 0 Å². The maximum absolute atomic E-state index is 12.5. The molecule has 0 saturated carbocycles. The van der Waals surface area contributed by atoms with Gasteiger partial charge in [0.2, 0.25) is 0 Å². The van der Waals surface area contributed by atoms with Crippen LogP contribution in [0.3, 0.4) is 0 Å². The maximum atomic E-state index is 12.5. The first-order chi connectivity index (χ1) is 10.5. The highest BCUT2D eigenvalue weighted by atomic mass is 16.5. The average Bonchev–Trinajstić information content (AvgIpc) is 2.50. The van der Waals surface area contributed by atoms with Crippen LogP contribution in [0, 0.1) is 20.8 Å². The fourth-order valence-corrected chi connectivity index (χ4v) is 2.25. The van der Waals surface area contributed by atoms with Crippen LogP contribution < -0.4 is 10.1 Å². The molecular formula is C19H23NO2. The van der Waals surface area contributed by atoms with Crippen LogP contribution in [0.25, 0.3) is 0 Å². The number of hydrogen-bond donors (Lipinski definition) is 1. The molecule has 0 fully saturated rings. The third kappa shape index (κ3) is 3.88. The summed E-state index contributed by atoms with van der Waals surface area (Å²) >= 11 is 0. The first kappa shape index (κ1) is 16.1. The van der Waals surface area contributed by atoms with E-state index >= 15 is 0 Å². The van der Waals surface area contributed by atoms with E-state index in [1.54, 1.807) is 0 Å². The Morgan fingerprint density at radius 2 is 1.82 bits per heavy atom. The molecule has 3 nitrogen and oxygen atoms in total. The minimum absolute atomic E-state index is 0.112. The van der Waals surface area contributed by atoms with E-state index in [0.717, 1.165) is 28.1 Å². The summed E-state index contributed by atoms with van der Waals surface area (Å²) in [6.07, 6.45) is 0.117. The second-order valence-electron chi connectivity index (χ2n) is 5.59. The Morgan fingerprint density at radius 1 is 1.09 bits per heavy atom. The second kappa shape index (κ2) is 7.12. The van der Waals surface area contributed by atoms with E-state index in [2.05, 4.69) is 5.32 Å². The van der Waals surface area contributed by atoms with Crippen molar-refractivity contribution in [3.8, 4) is 5.75 Å². The third-order valence-corrected chi connectivity index (χ3v) is 3.68. The van der Waals surface area contributed by atoms with Crippen LogP contribution in [0.2, 0.25) is 0 Å². The van der Waals surface area contributed by atoms with Gasteiger partial charge in [0, 0.05) is 5.69 Å². The molecule has 1 unspecified atom stereocenters. The van der Waals surface area contributed by atoms with Crippen molar-refractivity contribution in [2.75, 3.05) is 5.32 Å². The largest absolute Gasteiger partial charge is 0.480 e. The molecule has 1 amide bonds. The van der Waals surface area contributed by atoms with Crippen molar-refractivity contribution >= 4 is 11.6 Å². The van der Waals surface area contributed by atoms with Crippen LogP contribution in [0.4, 0.5) is 5.69 Å². The summed E-state index contributed by atoms with van der Waals surface area (Å²) in [5, 5.41) is 2.98. The number of hydrogen-bond acceptors (Lipinski definition) is 2. The Kier molecular flexibility index (Phi) is 5.21. The highest BCUT2D eigenvalue weighted by molar-refractivity contribution is 5.95. The van der Waals surface area contributed by atoms with Crippen molar-refractivity contribution in [3.05, 3.63) is 59.2 Å². The van der Waals surface area contributed by atoms with Gasteiger partial charge in [0.15, 0.2) is 6.10 Å². The number of carbonyl (C=O) groups excluding carboxylic acids is 1. The van der Waals surface area contributed by atoms with Crippen molar-refractivity contribution in [2.45, 2.75) is 40.2 Å². The number of aryl methyl sites for hydroxylation is 3. The van der Waals surface area contributed by atoms with Gasteiger partial charge in [-0.15, -0.1) is 0 Å². The minimum atomic E-state index is -0.499. The number of anilines is 1. The quantitative estimate of drug-likeness (QED) is 0.888. The monoisotopic (exact) mass is 297 g/mol. The first-order valence-corrected chi connectivity index (χ1v) is 7.61. The van der Waals surface area contributed by atoms with Crippen LogP contribution in [-0.4, -0.2) is 12.0 Å². The Balaban J connectivity index is 2.12. The zero-order valence-electron chi connectivity index (χ0n) is 13.6. The highest BCUT2D eigenvalue weighted by Gasteiger charge is 2.19. The van der Waals surface area contributed by atoms with Gasteiger partial charge < -0.3 is 10.1 Å². The zero-order chi connectivity index (χ0) is 16.1. The molecule has 2 rings (SSSR count). The highest BCUT2D eigenvalue weighted by Crippen LogP contribution is 2.21. The molecule has 2 aromatic rings. The standard InChI is InChI=1S/C19H23NO2/c1-5-17(22-18-9-7-6-8-15(18)4)19(21)20-16-12-13(2)10-11-14(16)3/h6-12,17H,5H2,1-4H3,(H,20,21). The number of amides is 1. The van der Waals surface area contributed by atoms with E-state index in [-0.39, 0.29) is 5.91 Å². The Hall–Kier alpha value is -2.29. The number of ether oxygens (including phenoxy) is 1. The SMILES string of the molecule is CCC(Oc1ccccc1C)C(=O)Nc1cc(C)ccc1C. The number of rotatable bonds is 5. The summed E-state index contributed by atoms with van der Waals surface area (Å²) < 4.78 is 5.89. The van der Waals surface area contributed by atoms with Crippen molar-refractivity contribution in [1.29, 1.82) is 0 Å². The smallest absolute Gasteiger partial charge is 0.265 e. The molecule has 0 heterocycles. The Bertz CT molecular complexity index is 664. The second-order valence-corrected chi connectivity index (χ2v) is 5.59. The van der Waals surface area contributed by atoms with Gasteiger partial charge in [0.1, 0.15) is 5.75 Å². The lowest BCUT2D eigenvalue weighted by Gasteiger charge is -2.19. The molecule has 0 aliphatic carbocycles. The molecule has 0 saturated heterocycles. The van der Waals surface area contributed by atoms with Gasteiger partial charge in [-0.1, -0.05) is 37.3 Å². The van der Waals surface area contributed by atoms with Crippen molar-refractivity contribution in [3.63, 3.8) is 0 Å². The lowest BCUT2D eigenvalue weighted by Crippen LogP contribution is -2.32. The van der Waals surface area contributed by atoms with Crippen molar-refractivity contribution in [1.82, 2.24) is 0 Å². The fraction of sp³-hybridized carbons (Fsp3) is 0.316. The van der Waals surface area contributed by atoms with Gasteiger partial charge in [-0.25, -0.2) is 0 Å². The molecule has 0 radical (unpaired) electrons. The molecular weight excluding hydrogens is 274 g/mol. The molecule has 0 aliphatic heterocycles. The van der Waals surface area contributed by atoms with Gasteiger partial charge >= 0.3 is 0 Å². The third-order valence-electron chi connectivity index (χ3n) is 3.68. The predicted molar refractivity (Wildman–Crippen MR) is 90.4 cm³/mol. The van der Waals surface area contributed by atoms with E-state index < -0.39 is 6.10 Å². The van der Waals surface area contributed by atoms with E-state index in [9.17, 15) is 4.79 Å². The van der Waals surface area contributed by atoms with Crippen molar-refractivity contribution in [2.24, 2.45) is 0 Å². The van der Waals surface area contributed by atoms with E-state index in [4.69, 9.17) is 4.74 Å². The number of nitrogens with one attached hydrogen (secondary N) is 1. The summed E-state index contributed by atoms with van der Waals surface area (Å²) in [6, 6.07) is 13.8. The summed E-state index contributed by atoms with van der Waals surface area (Å²) in [7, 11) is 0. The van der Waals surface area contributed by atoms with E-state index in [1.165, 1.54) is 0 Å². The summed E-state index contributed by atoms with van der Waals surface area (Å²) in [4.78, 5) is 12.5. The molecule has 0 aliphatic rings. The molecule has 0 bridgehead atoms. The number of carbonyl (C=O) groups is 1. The van der Waals surface area contributed by atoms with E-state index in [0.29, 0.717) is 6.42 Å². The fourth-order valence-electron chi connectivity index (χ4n) is 2.25. The molecule has 0 spiro atoms. The van der Waals surface area contributed by atoms with Gasteiger partial charge in [-0.05, 0) is 56.0 Å². The van der Waals surface area contributed by atoms with Gasteiger partial charge in [-0.2, -0.15) is 0 Å². The molecule has 2 aromatic carbocycles. The molecule has 1 N–H and O–H groups in total. The average molecular weight is 297 g/mol. The van der Waals surface area contributed by atoms with Crippen LogP contribution in [0.5, 0.6) is 5.75 Å². The topological polar surface area (TPSA) is 38.3 Å². The van der Waals surface area contributed by atoms with Crippen LogP contribution in [0.15, 0.2) is 42.5 Å². The van der Waals surface area contributed by atoms with Gasteiger partial charge in [0.25, 0.3) is 5.91 Å². The zero-order valence-corrected chi connectivity index (χ0v) is 13.6. The molecule has 22 heavy (non-hydrogen) atoms. The Labute approximate surface area is 132 Å². The summed E-state index contributed by atoms with van der Waals surface area (Å²) in [6.45, 7) is 7.92. The first-order valence-electron chi connectivity index (χ1n) is 7.61. The lowest BCUT2D eigenvalue weighted by molar-refractivity contribution is -0.122. The molecule has 3 heteroatoms. The number of benzene rings is 2. The van der Waals surface area contributed by atoms with E-state index in [1.807, 2.05) is 70.2 Å². The lowest BCUT2D eigenvalue weighted by atomic mass is 10.1. The normalized spacial score (nSPS) is 11.8. The minimum Gasteiger partial charge on any atom is -0.480 e. The van der Waals surface area contributed by atoms with Crippen LogP contribution >= 0.6 is 0 Å². The predicted octanol–water partition coefficient (Wildman–Crippen LogP) is 4.41. The number of para-hydroxylation sites is 1. The van der Waals surface area contributed by atoms with Crippen molar-refractivity contribution < 1.29 is 9.53 Å². The molecule has 116 valence electrons. The molecule has 0 aromatic heterocycles. The maximum Gasteiger partial charge on any atom is 0.265 e. The summed E-state index contributed by atoms with van der Waals surface area (Å²) in [5.41, 5.74) is 4.04. The molecule has 1 atom stereocenters. The summed E-state index contributed by atoms with van der Waals surface area (Å²) in [5.74, 6) is 0.643.